The van der Waals surface area contributed by atoms with Gasteiger partial charge in [0.05, 0.1) is 11.3 Å². The number of rotatable bonds is 6. The summed E-state index contributed by atoms with van der Waals surface area (Å²) in [6.07, 6.45) is 0. The summed E-state index contributed by atoms with van der Waals surface area (Å²) >= 11 is 5.45. The highest BCUT2D eigenvalue weighted by Crippen LogP contribution is 2.31. The highest BCUT2D eigenvalue weighted by molar-refractivity contribution is 7.87. The number of carbonyl (C=O) groups is 1. The number of pyridine rings is 1. The quantitative estimate of drug-likeness (QED) is 0.377. The first-order valence-corrected chi connectivity index (χ1v) is 10.8. The van der Waals surface area contributed by atoms with Crippen LogP contribution in [0.5, 0.6) is 5.88 Å². The molecule has 0 saturated heterocycles. The molecule has 0 bridgehead atoms. The van der Waals surface area contributed by atoms with Crippen LogP contribution in [0.4, 0.5) is 24.7 Å². The molecule has 1 aromatic heterocycles. The van der Waals surface area contributed by atoms with Crippen LogP contribution in [0.1, 0.15) is 27.0 Å². The zero-order chi connectivity index (χ0) is 23.8. The van der Waals surface area contributed by atoms with Crippen LogP contribution in [0.2, 0.25) is 0 Å². The molecule has 0 saturated carbocycles. The van der Waals surface area contributed by atoms with E-state index in [2.05, 4.69) is 10.3 Å². The summed E-state index contributed by atoms with van der Waals surface area (Å²) in [4.78, 5) is 15.2. The highest BCUT2D eigenvalue weighted by atomic mass is 35.5. The molecule has 6 nitrogen and oxygen atoms in total. The minimum absolute atomic E-state index is 0.166. The van der Waals surface area contributed by atoms with Crippen molar-refractivity contribution in [2.75, 3.05) is 5.32 Å². The predicted molar refractivity (Wildman–Crippen MR) is 112 cm³/mol. The molecule has 0 radical (unpaired) electrons. The Morgan fingerprint density at radius 1 is 1.00 bits per heavy atom. The van der Waals surface area contributed by atoms with Gasteiger partial charge >= 0.3 is 10.1 Å². The minimum Gasteiger partial charge on any atom is -0.355 e. The summed E-state index contributed by atoms with van der Waals surface area (Å²) in [5.41, 5.74) is 0.745. The molecule has 0 atom stereocenters. The van der Waals surface area contributed by atoms with Crippen LogP contribution < -0.4 is 9.50 Å². The van der Waals surface area contributed by atoms with Crippen molar-refractivity contribution in [2.24, 2.45) is 0 Å². The third kappa shape index (κ3) is 4.86. The molecule has 3 rings (SSSR count). The molecule has 0 fully saturated rings. The van der Waals surface area contributed by atoms with Crippen molar-refractivity contribution < 1.29 is 30.6 Å². The van der Waals surface area contributed by atoms with E-state index in [1.54, 1.807) is 32.9 Å². The molecule has 0 unspecified atom stereocenters. The molecular formula is C21H16ClF3N2O4S. The molecule has 0 amide bonds. The molecule has 32 heavy (non-hydrogen) atoms. The van der Waals surface area contributed by atoms with E-state index in [0.717, 1.165) is 17.7 Å². The van der Waals surface area contributed by atoms with Gasteiger partial charge in [0.15, 0.2) is 5.82 Å². The van der Waals surface area contributed by atoms with Crippen molar-refractivity contribution >= 4 is 38.5 Å². The van der Waals surface area contributed by atoms with E-state index >= 15 is 0 Å². The fourth-order valence-electron chi connectivity index (χ4n) is 3.20. The zero-order valence-electron chi connectivity index (χ0n) is 17.0. The van der Waals surface area contributed by atoms with Crippen molar-refractivity contribution in [3.05, 3.63) is 76.1 Å². The number of anilines is 2. The van der Waals surface area contributed by atoms with Gasteiger partial charge in [0, 0.05) is 6.07 Å². The Kier molecular flexibility index (Phi) is 6.47. The summed E-state index contributed by atoms with van der Waals surface area (Å²) in [6.45, 7) is 4.89. The molecular weight excluding hydrogens is 469 g/mol. The Morgan fingerprint density at radius 3 is 2.19 bits per heavy atom. The van der Waals surface area contributed by atoms with Gasteiger partial charge in [-0.05, 0) is 61.7 Å². The minimum atomic E-state index is -4.52. The summed E-state index contributed by atoms with van der Waals surface area (Å²) in [5.74, 6) is -4.65. The predicted octanol–water partition coefficient (Wildman–Crippen LogP) is 5.31. The van der Waals surface area contributed by atoms with E-state index in [9.17, 15) is 26.4 Å². The monoisotopic (exact) mass is 484 g/mol. The third-order valence-electron chi connectivity index (χ3n) is 4.38. The van der Waals surface area contributed by atoms with Gasteiger partial charge in [0.2, 0.25) is 0 Å². The van der Waals surface area contributed by atoms with Gasteiger partial charge in [-0.25, -0.2) is 13.2 Å². The number of hydrogen-bond donors (Lipinski definition) is 1. The van der Waals surface area contributed by atoms with E-state index in [1.807, 2.05) is 0 Å². The van der Waals surface area contributed by atoms with Crippen molar-refractivity contribution in [2.45, 2.75) is 25.7 Å². The van der Waals surface area contributed by atoms with E-state index < -0.39 is 50.1 Å². The normalized spacial score (nSPS) is 11.3. The highest BCUT2D eigenvalue weighted by Gasteiger charge is 2.26. The van der Waals surface area contributed by atoms with Gasteiger partial charge in [-0.1, -0.05) is 17.7 Å². The number of benzene rings is 2. The third-order valence-corrected chi connectivity index (χ3v) is 6.11. The van der Waals surface area contributed by atoms with Crippen LogP contribution in [-0.4, -0.2) is 18.6 Å². The van der Waals surface area contributed by atoms with Gasteiger partial charge in [0.1, 0.15) is 22.3 Å². The Bertz CT molecular complexity index is 1320. The van der Waals surface area contributed by atoms with E-state index in [0.29, 0.717) is 23.3 Å². The van der Waals surface area contributed by atoms with Crippen LogP contribution in [0.3, 0.4) is 0 Å². The molecule has 2 aromatic carbocycles. The first-order valence-electron chi connectivity index (χ1n) is 9.04. The second-order valence-corrected chi connectivity index (χ2v) is 8.79. The average molecular weight is 485 g/mol. The lowest BCUT2D eigenvalue weighted by Gasteiger charge is -2.15. The lowest BCUT2D eigenvalue weighted by Crippen LogP contribution is -2.16. The fourth-order valence-corrected chi connectivity index (χ4v) is 4.66. The molecule has 11 heteroatoms. The topological polar surface area (TPSA) is 85.4 Å². The SMILES string of the molecule is Cc1cc(C)c(S(=O)(=O)Oc2nc(Nc3ccc(F)cc3F)c(C(=O)Cl)cc2F)c(C)c1. The first kappa shape index (κ1) is 23.6. The van der Waals surface area contributed by atoms with Crippen molar-refractivity contribution in [1.82, 2.24) is 4.98 Å². The van der Waals surface area contributed by atoms with E-state index in [-0.39, 0.29) is 10.6 Å². The van der Waals surface area contributed by atoms with Gasteiger partial charge in [-0.15, -0.1) is 0 Å². The lowest BCUT2D eigenvalue weighted by atomic mass is 10.1. The van der Waals surface area contributed by atoms with Gasteiger partial charge < -0.3 is 9.50 Å². The summed E-state index contributed by atoms with van der Waals surface area (Å²) in [5, 5.41) is 1.22. The Labute approximate surface area is 187 Å². The maximum absolute atomic E-state index is 14.6. The Hall–Kier alpha value is -3.11. The molecule has 168 valence electrons. The van der Waals surface area contributed by atoms with Crippen LogP contribution in [-0.2, 0) is 10.1 Å². The van der Waals surface area contributed by atoms with Crippen molar-refractivity contribution in [3.63, 3.8) is 0 Å². The maximum Gasteiger partial charge on any atom is 0.341 e. The second kappa shape index (κ2) is 8.79. The van der Waals surface area contributed by atoms with Gasteiger partial charge in [-0.2, -0.15) is 13.4 Å². The number of carbonyl (C=O) groups excluding carboxylic acids is 1. The number of aromatic nitrogens is 1. The summed E-state index contributed by atoms with van der Waals surface area (Å²) < 4.78 is 72.3. The second-order valence-electron chi connectivity index (χ2n) is 6.96. The fraction of sp³-hybridized carbons (Fsp3) is 0.143. The number of hydrogen-bond acceptors (Lipinski definition) is 6. The Balaban J connectivity index is 2.08. The van der Waals surface area contributed by atoms with E-state index in [4.69, 9.17) is 15.8 Å². The molecule has 0 aliphatic heterocycles. The molecule has 0 spiro atoms. The van der Waals surface area contributed by atoms with E-state index in [1.165, 1.54) is 0 Å². The molecule has 1 N–H and O–H groups in total. The van der Waals surface area contributed by atoms with Crippen LogP contribution in [0, 0.1) is 38.2 Å². The number of halogens is 4. The standard InChI is InChI=1S/C21H16ClF3N2O4S/c1-10-6-11(2)18(12(3)7-10)32(29,30)31-21-16(25)9-14(19(22)28)20(27-21)26-17-5-4-13(23)8-15(17)24/h4-9H,1-3H3,(H,26,27). The number of nitrogens with one attached hydrogen (secondary N) is 1. The smallest absolute Gasteiger partial charge is 0.341 e. The molecule has 0 aliphatic rings. The van der Waals surface area contributed by atoms with Crippen LogP contribution >= 0.6 is 11.6 Å². The number of nitrogens with zero attached hydrogens (tertiary/aromatic N) is 1. The van der Waals surface area contributed by atoms with Crippen molar-refractivity contribution in [1.29, 1.82) is 0 Å². The van der Waals surface area contributed by atoms with Crippen LogP contribution in [0.25, 0.3) is 0 Å². The van der Waals surface area contributed by atoms with Crippen LogP contribution in [0.15, 0.2) is 41.3 Å². The molecule has 1 heterocycles. The largest absolute Gasteiger partial charge is 0.355 e. The summed E-state index contributed by atoms with van der Waals surface area (Å²) in [6, 6.07) is 6.35. The maximum atomic E-state index is 14.6. The molecule has 0 aliphatic carbocycles. The van der Waals surface area contributed by atoms with Gasteiger partial charge in [0.25, 0.3) is 11.1 Å². The molecule has 3 aromatic rings. The lowest BCUT2D eigenvalue weighted by molar-refractivity contribution is 0.108. The van der Waals surface area contributed by atoms with Gasteiger partial charge in [-0.3, -0.25) is 4.79 Å². The average Bonchev–Trinajstić information content (AvgIpc) is 2.64. The van der Waals surface area contributed by atoms with Crippen molar-refractivity contribution in [3.8, 4) is 5.88 Å². The summed E-state index contributed by atoms with van der Waals surface area (Å²) in [7, 11) is -4.52. The Morgan fingerprint density at radius 2 is 1.62 bits per heavy atom. The first-order chi connectivity index (χ1) is 14.9. The zero-order valence-corrected chi connectivity index (χ0v) is 18.5. The number of aryl methyl sites for hydroxylation is 3.